The van der Waals surface area contributed by atoms with Gasteiger partial charge in [-0.05, 0) is 24.6 Å². The molecule has 0 spiro atoms. The maximum Gasteiger partial charge on any atom is 0.241 e. The molecule has 1 aromatic carbocycles. The van der Waals surface area contributed by atoms with Crippen LogP contribution >= 0.6 is 0 Å². The van der Waals surface area contributed by atoms with Crippen molar-refractivity contribution in [3.8, 4) is 0 Å². The Kier molecular flexibility index (Phi) is 4.17. The van der Waals surface area contributed by atoms with Gasteiger partial charge in [-0.15, -0.1) is 0 Å². The summed E-state index contributed by atoms with van der Waals surface area (Å²) in [6.07, 6.45) is 1.34. The first kappa shape index (κ1) is 14.6. The highest BCUT2D eigenvalue weighted by atomic mass is 32.2. The van der Waals surface area contributed by atoms with Crippen molar-refractivity contribution in [1.82, 2.24) is 9.88 Å². The van der Waals surface area contributed by atoms with Gasteiger partial charge in [0.15, 0.2) is 0 Å². The van der Waals surface area contributed by atoms with Gasteiger partial charge < -0.3 is 10.3 Å². The molecule has 0 unspecified atom stereocenters. The SMILES string of the molecule is Cc1c(F)cc(CN)cc1S(=O)(=O)NCc1ccon1. The Hall–Kier alpha value is -1.77. The smallest absolute Gasteiger partial charge is 0.241 e. The van der Waals surface area contributed by atoms with Crippen LogP contribution in [0.4, 0.5) is 4.39 Å². The van der Waals surface area contributed by atoms with E-state index in [9.17, 15) is 12.8 Å². The third-order valence-corrected chi connectivity index (χ3v) is 4.34. The zero-order valence-electron chi connectivity index (χ0n) is 10.8. The topological polar surface area (TPSA) is 98.2 Å². The van der Waals surface area contributed by atoms with Crippen LogP contribution in [-0.2, 0) is 23.1 Å². The van der Waals surface area contributed by atoms with Gasteiger partial charge in [0, 0.05) is 18.2 Å². The lowest BCUT2D eigenvalue weighted by molar-refractivity contribution is 0.411. The van der Waals surface area contributed by atoms with Crippen molar-refractivity contribution in [2.75, 3.05) is 0 Å². The predicted octanol–water partition coefficient (Wildman–Crippen LogP) is 1.06. The molecular weight excluding hydrogens is 285 g/mol. The summed E-state index contributed by atoms with van der Waals surface area (Å²) in [5.41, 5.74) is 6.32. The number of nitrogens with zero attached hydrogens (tertiary/aromatic N) is 1. The van der Waals surface area contributed by atoms with Gasteiger partial charge in [-0.1, -0.05) is 5.16 Å². The molecule has 2 rings (SSSR count). The lowest BCUT2D eigenvalue weighted by Gasteiger charge is -2.11. The molecule has 0 saturated heterocycles. The standard InChI is InChI=1S/C12H14FN3O3S/c1-8-11(13)4-9(6-14)5-12(8)20(17,18)15-7-10-2-3-19-16-10/h2-5,15H,6-7,14H2,1H3. The Morgan fingerprint density at radius 1 is 1.45 bits per heavy atom. The number of halogens is 1. The molecule has 1 heterocycles. The summed E-state index contributed by atoms with van der Waals surface area (Å²) in [6.45, 7) is 1.43. The monoisotopic (exact) mass is 299 g/mol. The highest BCUT2D eigenvalue weighted by Gasteiger charge is 2.20. The van der Waals surface area contributed by atoms with E-state index in [2.05, 4.69) is 14.4 Å². The fraction of sp³-hybridized carbons (Fsp3) is 0.250. The van der Waals surface area contributed by atoms with Crippen LogP contribution in [0, 0.1) is 12.7 Å². The average molecular weight is 299 g/mol. The Morgan fingerprint density at radius 2 is 2.20 bits per heavy atom. The quantitative estimate of drug-likeness (QED) is 0.860. The van der Waals surface area contributed by atoms with Crippen LogP contribution < -0.4 is 10.5 Å². The molecule has 0 fully saturated rings. The maximum absolute atomic E-state index is 13.7. The van der Waals surface area contributed by atoms with Crippen LogP contribution in [0.5, 0.6) is 0 Å². The Balaban J connectivity index is 2.31. The average Bonchev–Trinajstić information content (AvgIpc) is 2.92. The minimum Gasteiger partial charge on any atom is -0.364 e. The van der Waals surface area contributed by atoms with Gasteiger partial charge in [0.1, 0.15) is 12.1 Å². The second-order valence-corrected chi connectivity index (χ2v) is 5.96. The summed E-state index contributed by atoms with van der Waals surface area (Å²) < 4.78 is 45.0. The van der Waals surface area contributed by atoms with Crippen molar-refractivity contribution in [2.45, 2.75) is 24.9 Å². The largest absolute Gasteiger partial charge is 0.364 e. The zero-order valence-corrected chi connectivity index (χ0v) is 11.6. The number of benzene rings is 1. The number of hydrogen-bond acceptors (Lipinski definition) is 5. The van der Waals surface area contributed by atoms with Crippen LogP contribution in [0.15, 0.2) is 33.9 Å². The van der Waals surface area contributed by atoms with Gasteiger partial charge in [0.25, 0.3) is 0 Å². The number of rotatable bonds is 5. The van der Waals surface area contributed by atoms with E-state index < -0.39 is 15.8 Å². The molecule has 0 aliphatic rings. The van der Waals surface area contributed by atoms with Crippen LogP contribution in [0.25, 0.3) is 0 Å². The summed E-state index contributed by atoms with van der Waals surface area (Å²) in [4.78, 5) is -0.124. The third-order valence-electron chi connectivity index (χ3n) is 2.82. The molecule has 20 heavy (non-hydrogen) atoms. The molecule has 0 radical (unpaired) electrons. The lowest BCUT2D eigenvalue weighted by atomic mass is 10.1. The molecule has 0 amide bonds. The zero-order chi connectivity index (χ0) is 14.8. The number of hydrogen-bond donors (Lipinski definition) is 2. The van der Waals surface area contributed by atoms with E-state index >= 15 is 0 Å². The highest BCUT2D eigenvalue weighted by Crippen LogP contribution is 2.20. The van der Waals surface area contributed by atoms with Gasteiger partial charge in [0.05, 0.1) is 17.1 Å². The van der Waals surface area contributed by atoms with E-state index in [1.54, 1.807) is 0 Å². The van der Waals surface area contributed by atoms with Gasteiger partial charge in [-0.3, -0.25) is 0 Å². The fourth-order valence-electron chi connectivity index (χ4n) is 1.68. The van der Waals surface area contributed by atoms with Crippen molar-refractivity contribution >= 4 is 10.0 Å². The minimum atomic E-state index is -3.85. The van der Waals surface area contributed by atoms with E-state index in [4.69, 9.17) is 5.73 Å². The Labute approximate surface area is 115 Å². The third kappa shape index (κ3) is 3.03. The maximum atomic E-state index is 13.7. The van der Waals surface area contributed by atoms with Crippen molar-refractivity contribution < 1.29 is 17.3 Å². The van der Waals surface area contributed by atoms with Gasteiger partial charge in [0.2, 0.25) is 10.0 Å². The minimum absolute atomic E-state index is 0.0350. The predicted molar refractivity (Wildman–Crippen MR) is 69.6 cm³/mol. The van der Waals surface area contributed by atoms with Crippen LogP contribution in [0.3, 0.4) is 0 Å². The normalized spacial score (nSPS) is 11.8. The van der Waals surface area contributed by atoms with Crippen molar-refractivity contribution in [3.05, 3.63) is 47.1 Å². The van der Waals surface area contributed by atoms with E-state index in [-0.39, 0.29) is 23.5 Å². The first-order valence-electron chi connectivity index (χ1n) is 5.82. The van der Waals surface area contributed by atoms with E-state index in [1.165, 1.54) is 31.4 Å². The van der Waals surface area contributed by atoms with Crippen molar-refractivity contribution in [2.24, 2.45) is 5.73 Å². The van der Waals surface area contributed by atoms with Crippen LogP contribution in [-0.4, -0.2) is 13.6 Å². The van der Waals surface area contributed by atoms with Gasteiger partial charge in [-0.2, -0.15) is 0 Å². The molecule has 8 heteroatoms. The Bertz CT molecular complexity index is 699. The second kappa shape index (κ2) is 5.70. The van der Waals surface area contributed by atoms with E-state index in [1.807, 2.05) is 0 Å². The molecule has 0 saturated carbocycles. The number of aromatic nitrogens is 1. The summed E-state index contributed by atoms with van der Waals surface area (Å²) in [5, 5.41) is 3.59. The molecule has 0 bridgehead atoms. The molecular formula is C12H14FN3O3S. The molecule has 6 nitrogen and oxygen atoms in total. The number of nitrogens with one attached hydrogen (secondary N) is 1. The highest BCUT2D eigenvalue weighted by molar-refractivity contribution is 7.89. The first-order valence-corrected chi connectivity index (χ1v) is 7.30. The summed E-state index contributed by atoms with van der Waals surface area (Å²) in [5.74, 6) is -0.602. The fourth-order valence-corrected chi connectivity index (χ4v) is 2.98. The summed E-state index contributed by atoms with van der Waals surface area (Å²) in [6, 6.07) is 4.13. The molecule has 108 valence electrons. The van der Waals surface area contributed by atoms with Gasteiger partial charge >= 0.3 is 0 Å². The Morgan fingerprint density at radius 3 is 2.80 bits per heavy atom. The lowest BCUT2D eigenvalue weighted by Crippen LogP contribution is -2.24. The van der Waals surface area contributed by atoms with Crippen molar-refractivity contribution in [1.29, 1.82) is 0 Å². The van der Waals surface area contributed by atoms with Crippen LogP contribution in [0.2, 0.25) is 0 Å². The summed E-state index contributed by atoms with van der Waals surface area (Å²) in [7, 11) is -3.85. The molecule has 2 aromatic rings. The molecule has 1 aromatic heterocycles. The number of sulfonamides is 1. The summed E-state index contributed by atoms with van der Waals surface area (Å²) >= 11 is 0. The number of nitrogens with two attached hydrogens (primary N) is 1. The van der Waals surface area contributed by atoms with Crippen LogP contribution in [0.1, 0.15) is 16.8 Å². The van der Waals surface area contributed by atoms with Gasteiger partial charge in [-0.25, -0.2) is 17.5 Å². The molecule has 0 atom stereocenters. The molecule has 3 N–H and O–H groups in total. The molecule has 0 aliphatic heterocycles. The van der Waals surface area contributed by atoms with E-state index in [0.29, 0.717) is 11.3 Å². The first-order chi connectivity index (χ1) is 9.44. The van der Waals surface area contributed by atoms with Crippen molar-refractivity contribution in [3.63, 3.8) is 0 Å². The van der Waals surface area contributed by atoms with E-state index in [0.717, 1.165) is 0 Å². The molecule has 0 aliphatic carbocycles. The second-order valence-electron chi connectivity index (χ2n) is 4.22.